The van der Waals surface area contributed by atoms with E-state index in [4.69, 9.17) is 14.5 Å². The summed E-state index contributed by atoms with van der Waals surface area (Å²) in [5, 5.41) is 5.35. The molecule has 4 aromatic rings. The van der Waals surface area contributed by atoms with Crippen LogP contribution in [-0.2, 0) is 38.7 Å². The van der Waals surface area contributed by atoms with Crippen LogP contribution in [0.3, 0.4) is 0 Å². The quantitative estimate of drug-likeness (QED) is 0.131. The Bertz CT molecular complexity index is 2230. The Morgan fingerprint density at radius 2 is 1.29 bits per heavy atom. The van der Waals surface area contributed by atoms with E-state index in [1.165, 1.54) is 38.5 Å². The summed E-state index contributed by atoms with van der Waals surface area (Å²) in [7, 11) is 3.13. The third-order valence-corrected chi connectivity index (χ3v) is 13.8. The molecule has 2 aromatic carbocycles. The monoisotopic (exact) mass is 1050 g/mol. The van der Waals surface area contributed by atoms with E-state index in [0.29, 0.717) is 44.4 Å². The van der Waals surface area contributed by atoms with Crippen molar-refractivity contribution in [3.8, 4) is 22.5 Å². The van der Waals surface area contributed by atoms with E-state index in [-0.39, 0.29) is 24.4 Å². The predicted molar refractivity (Wildman–Crippen MR) is 302 cm³/mol. The third kappa shape index (κ3) is 21.8. The number of imidazole rings is 2. The topological polar surface area (TPSA) is 153 Å². The highest BCUT2D eigenvalue weighted by Crippen LogP contribution is 2.35. The summed E-state index contributed by atoms with van der Waals surface area (Å²) in [4.78, 5) is 63.8. The summed E-state index contributed by atoms with van der Waals surface area (Å²) in [5.41, 5.74) is 2.73. The SMILES string of the molecule is CC.CC(C)(C)OC(=O)NCC(=O)N1CCn2cc(-c3ccccc3)nc2C1.CC1CCCCC1.CCC.CCC(C)CC1c2nc(-c3ccccc3)cn2CCN1C(=O)C(CSSC)NC(=O)OC(C)(C)C. The Morgan fingerprint density at radius 3 is 1.81 bits per heavy atom. The number of carbonyl (C=O) groups is 4. The second kappa shape index (κ2) is 31.7. The van der Waals surface area contributed by atoms with Gasteiger partial charge in [-0.1, -0.05) is 176 Å². The highest BCUT2D eigenvalue weighted by atomic mass is 33.1. The Kier molecular flexibility index (Phi) is 27.1. The Balaban J connectivity index is 0.000000322. The van der Waals surface area contributed by atoms with E-state index >= 15 is 0 Å². The van der Waals surface area contributed by atoms with E-state index < -0.39 is 29.4 Å². The van der Waals surface area contributed by atoms with Crippen LogP contribution in [0.25, 0.3) is 22.5 Å². The molecule has 4 amide bonds. The molecule has 1 fully saturated rings. The molecule has 14 nitrogen and oxygen atoms in total. The molecule has 3 atom stereocenters. The average Bonchev–Trinajstić information content (AvgIpc) is 4.01. The molecule has 2 aliphatic heterocycles. The molecule has 0 spiro atoms. The largest absolute Gasteiger partial charge is 0.444 e. The van der Waals surface area contributed by atoms with Gasteiger partial charge in [-0.2, -0.15) is 0 Å². The van der Waals surface area contributed by atoms with Crippen molar-refractivity contribution < 1.29 is 28.7 Å². The van der Waals surface area contributed by atoms with Crippen molar-refractivity contribution in [2.24, 2.45) is 11.8 Å². The molecule has 3 aliphatic rings. The number of carbonyl (C=O) groups excluding carboxylic acids is 4. The van der Waals surface area contributed by atoms with Gasteiger partial charge in [-0.3, -0.25) is 9.59 Å². The van der Waals surface area contributed by atoms with Crippen LogP contribution < -0.4 is 10.6 Å². The van der Waals surface area contributed by atoms with E-state index in [2.05, 4.69) is 77.7 Å². The number of hydrogen-bond donors (Lipinski definition) is 2. The Hall–Kier alpha value is -4.96. The Labute approximate surface area is 446 Å². The van der Waals surface area contributed by atoms with Crippen LogP contribution >= 0.6 is 21.6 Å². The number of rotatable bonds is 12. The lowest BCUT2D eigenvalue weighted by molar-refractivity contribution is -0.137. The molecular weight excluding hydrogens is 957 g/mol. The summed E-state index contributed by atoms with van der Waals surface area (Å²) < 4.78 is 14.9. The number of nitrogens with one attached hydrogen (secondary N) is 2. The number of nitrogens with zero attached hydrogens (tertiary/aromatic N) is 6. The van der Waals surface area contributed by atoms with Gasteiger partial charge >= 0.3 is 12.2 Å². The first kappa shape index (κ1) is 62.3. The van der Waals surface area contributed by atoms with Crippen LogP contribution in [0, 0.1) is 11.8 Å². The van der Waals surface area contributed by atoms with Gasteiger partial charge < -0.3 is 39.0 Å². The number of alkyl carbamates (subject to hydrolysis) is 2. The summed E-state index contributed by atoms with van der Waals surface area (Å²) in [6.45, 7) is 28.7. The van der Waals surface area contributed by atoms with Crippen LogP contribution in [0.1, 0.15) is 159 Å². The van der Waals surface area contributed by atoms with Crippen molar-refractivity contribution in [3.63, 3.8) is 0 Å². The number of aromatic nitrogens is 4. The molecular formula is C57H90N8O6S2. The molecule has 0 saturated heterocycles. The van der Waals surface area contributed by atoms with Crippen LogP contribution in [0.5, 0.6) is 0 Å². The van der Waals surface area contributed by atoms with Gasteiger partial charge in [0, 0.05) is 55.5 Å². The number of ether oxygens (including phenoxy) is 2. The number of hydrogen-bond acceptors (Lipinski definition) is 10. The molecule has 2 aromatic heterocycles. The molecule has 1 saturated carbocycles. The summed E-state index contributed by atoms with van der Waals surface area (Å²) >= 11 is 0. The minimum absolute atomic E-state index is 0.0822. The van der Waals surface area contributed by atoms with Crippen LogP contribution in [-0.4, -0.2) is 102 Å². The van der Waals surface area contributed by atoms with Gasteiger partial charge in [0.25, 0.3) is 0 Å². The van der Waals surface area contributed by atoms with Crippen LogP contribution in [0.15, 0.2) is 73.1 Å². The Morgan fingerprint density at radius 1 is 0.753 bits per heavy atom. The summed E-state index contributed by atoms with van der Waals surface area (Å²) in [5.74, 6) is 3.46. The zero-order valence-corrected chi connectivity index (χ0v) is 48.4. The normalized spacial score (nSPS) is 16.1. The van der Waals surface area contributed by atoms with E-state index in [0.717, 1.165) is 52.9 Å². The van der Waals surface area contributed by atoms with Gasteiger partial charge in [-0.15, -0.1) is 0 Å². The van der Waals surface area contributed by atoms with Crippen molar-refractivity contribution in [1.29, 1.82) is 0 Å². The maximum absolute atomic E-state index is 13.9. The molecule has 73 heavy (non-hydrogen) atoms. The fraction of sp³-hybridized carbons (Fsp3) is 0.614. The van der Waals surface area contributed by atoms with Crippen LogP contribution in [0.2, 0.25) is 0 Å². The molecule has 16 heteroatoms. The number of fused-ring (bicyclic) bond motifs is 2. The molecule has 1 aliphatic carbocycles. The first-order valence-corrected chi connectivity index (χ1v) is 29.4. The predicted octanol–water partition coefficient (Wildman–Crippen LogP) is 13.2. The lowest BCUT2D eigenvalue weighted by Crippen LogP contribution is -2.54. The second-order valence-corrected chi connectivity index (χ2v) is 23.3. The molecule has 4 heterocycles. The highest BCUT2D eigenvalue weighted by molar-refractivity contribution is 8.76. The third-order valence-electron chi connectivity index (χ3n) is 12.0. The lowest BCUT2D eigenvalue weighted by Gasteiger charge is -2.39. The van der Waals surface area contributed by atoms with Crippen LogP contribution in [0.4, 0.5) is 9.59 Å². The van der Waals surface area contributed by atoms with Crippen molar-refractivity contribution in [1.82, 2.24) is 39.5 Å². The number of benzene rings is 2. The van der Waals surface area contributed by atoms with E-state index in [9.17, 15) is 19.2 Å². The zero-order chi connectivity index (χ0) is 54.1. The van der Waals surface area contributed by atoms with Crippen molar-refractivity contribution in [2.45, 2.75) is 184 Å². The van der Waals surface area contributed by atoms with Gasteiger partial charge in [0.15, 0.2) is 0 Å². The molecule has 0 bridgehead atoms. The molecule has 7 rings (SSSR count). The first-order chi connectivity index (χ1) is 34.7. The summed E-state index contributed by atoms with van der Waals surface area (Å²) in [6, 6.07) is 19.3. The second-order valence-electron chi connectivity index (χ2n) is 20.7. The standard InChI is InChI=1S/C26H38N4O3S2.C19H24N4O3.C7H14.C3H8.C2H6/c1-7-18(2)15-22-23-27-20(19-11-9-8-10-12-19)16-29(23)13-14-30(22)24(31)21(17-35-34-6)28-25(32)33-26(3,4)5;1-19(2,3)26-18(25)20-11-17(24)23-10-9-22-12-15(21-16(22)13-23)14-7-5-4-6-8-14;1-7-5-3-2-4-6-7;1-3-2;1-2/h8-12,16,18,21-22H,7,13-15,17H2,1-6H3,(H,28,32);4-8,12H,9-11,13H2,1-3H3,(H,20,25);7H,2-6H2,1H3;3H2,1-2H3;1-2H3. The maximum Gasteiger partial charge on any atom is 0.408 e. The fourth-order valence-electron chi connectivity index (χ4n) is 8.23. The zero-order valence-electron chi connectivity index (χ0n) is 46.8. The van der Waals surface area contributed by atoms with Crippen molar-refractivity contribution in [2.75, 3.05) is 31.6 Å². The van der Waals surface area contributed by atoms with E-state index in [1.807, 2.05) is 101 Å². The van der Waals surface area contributed by atoms with E-state index in [1.54, 1.807) is 47.3 Å². The molecule has 2 N–H and O–H groups in total. The lowest BCUT2D eigenvalue weighted by atomic mass is 9.91. The van der Waals surface area contributed by atoms with Gasteiger partial charge in [0.2, 0.25) is 11.8 Å². The fourth-order valence-corrected chi connectivity index (χ4v) is 9.55. The van der Waals surface area contributed by atoms with Gasteiger partial charge in [-0.05, 0) is 66.1 Å². The number of amides is 4. The average molecular weight is 1050 g/mol. The minimum atomic E-state index is -0.670. The first-order valence-electron chi connectivity index (χ1n) is 26.7. The highest BCUT2D eigenvalue weighted by Gasteiger charge is 2.38. The smallest absolute Gasteiger partial charge is 0.408 e. The van der Waals surface area contributed by atoms with Crippen molar-refractivity contribution >= 4 is 45.6 Å². The molecule has 0 radical (unpaired) electrons. The van der Waals surface area contributed by atoms with Gasteiger partial charge in [0.1, 0.15) is 35.4 Å². The minimum Gasteiger partial charge on any atom is -0.444 e. The van der Waals surface area contributed by atoms with Crippen molar-refractivity contribution in [3.05, 3.63) is 84.7 Å². The van der Waals surface area contributed by atoms with Gasteiger partial charge in [0.05, 0.1) is 24.0 Å². The summed E-state index contributed by atoms with van der Waals surface area (Å²) in [6.07, 6.45) is 15.5. The molecule has 406 valence electrons. The molecule has 3 unspecified atom stereocenters. The maximum atomic E-state index is 13.9. The van der Waals surface area contributed by atoms with Gasteiger partial charge in [-0.25, -0.2) is 19.6 Å².